The average molecular weight is 269 g/mol. The van der Waals surface area contributed by atoms with E-state index in [0.29, 0.717) is 11.1 Å². The van der Waals surface area contributed by atoms with Gasteiger partial charge in [0.1, 0.15) is 5.75 Å². The smallest absolute Gasteiger partial charge is 0.134 e. The maximum absolute atomic E-state index is 9.34. The van der Waals surface area contributed by atoms with Crippen LogP contribution in [0.3, 0.4) is 0 Å². The van der Waals surface area contributed by atoms with Crippen molar-refractivity contribution in [3.63, 3.8) is 0 Å². The molecule has 1 aliphatic carbocycles. The molecule has 4 heteroatoms. The molecule has 2 rings (SSSR count). The third-order valence-electron chi connectivity index (χ3n) is 3.60. The first-order valence-corrected chi connectivity index (χ1v) is 6.85. The number of phenolic OH excluding ortho intramolecular Hbond substituents is 1. The van der Waals surface area contributed by atoms with Crippen molar-refractivity contribution in [2.45, 2.75) is 38.4 Å². The second kappa shape index (κ2) is 5.91. The molecule has 0 radical (unpaired) electrons. The molecule has 1 aliphatic rings. The van der Waals surface area contributed by atoms with E-state index in [0.717, 1.165) is 24.7 Å². The van der Waals surface area contributed by atoms with Gasteiger partial charge in [-0.05, 0) is 44.5 Å². The number of likely N-dealkylation sites (N-methyl/N-ethyl adjacent to an activating group) is 1. The molecule has 0 bridgehead atoms. The van der Waals surface area contributed by atoms with Crippen LogP contribution in [0.1, 0.15) is 25.3 Å². The highest BCUT2D eigenvalue weighted by atomic mass is 35.5. The summed E-state index contributed by atoms with van der Waals surface area (Å²) < 4.78 is 0. The molecule has 0 saturated heterocycles. The van der Waals surface area contributed by atoms with Gasteiger partial charge in [0.05, 0.1) is 5.02 Å². The lowest BCUT2D eigenvalue weighted by atomic mass is 10.2. The molecule has 2 N–H and O–H groups in total. The number of nitrogens with zero attached hydrogens (tertiary/aromatic N) is 1. The van der Waals surface area contributed by atoms with E-state index in [1.807, 2.05) is 6.07 Å². The van der Waals surface area contributed by atoms with Gasteiger partial charge in [-0.1, -0.05) is 17.7 Å². The van der Waals surface area contributed by atoms with Crippen LogP contribution in [0.5, 0.6) is 5.75 Å². The highest BCUT2D eigenvalue weighted by Gasteiger charge is 2.28. The molecule has 0 spiro atoms. The van der Waals surface area contributed by atoms with E-state index in [1.165, 1.54) is 12.8 Å². The van der Waals surface area contributed by atoms with Crippen molar-refractivity contribution in [1.82, 2.24) is 10.2 Å². The van der Waals surface area contributed by atoms with Crippen LogP contribution < -0.4 is 5.32 Å². The Balaban J connectivity index is 1.75. The Bertz CT molecular complexity index is 407. The Morgan fingerprint density at radius 1 is 1.50 bits per heavy atom. The van der Waals surface area contributed by atoms with Crippen molar-refractivity contribution in [3.05, 3.63) is 28.8 Å². The predicted octanol–water partition coefficient (Wildman–Crippen LogP) is 2.62. The van der Waals surface area contributed by atoms with Crippen LogP contribution in [0.4, 0.5) is 0 Å². The molecule has 100 valence electrons. The lowest BCUT2D eigenvalue weighted by Crippen LogP contribution is -2.38. The summed E-state index contributed by atoms with van der Waals surface area (Å²) in [6, 6.07) is 6.68. The van der Waals surface area contributed by atoms with Crippen molar-refractivity contribution in [2.24, 2.45) is 0 Å². The first kappa shape index (κ1) is 13.7. The van der Waals surface area contributed by atoms with E-state index in [4.69, 9.17) is 11.6 Å². The van der Waals surface area contributed by atoms with Gasteiger partial charge >= 0.3 is 0 Å². The van der Waals surface area contributed by atoms with E-state index < -0.39 is 0 Å². The molecule has 1 saturated carbocycles. The molecule has 1 unspecified atom stereocenters. The molecular formula is C14H21ClN2O. The minimum absolute atomic E-state index is 0.141. The largest absolute Gasteiger partial charge is 0.506 e. The van der Waals surface area contributed by atoms with Crippen LogP contribution in [-0.4, -0.2) is 35.7 Å². The van der Waals surface area contributed by atoms with Crippen molar-refractivity contribution in [3.8, 4) is 5.75 Å². The van der Waals surface area contributed by atoms with Gasteiger partial charge in [0, 0.05) is 25.2 Å². The maximum atomic E-state index is 9.34. The Morgan fingerprint density at radius 3 is 2.83 bits per heavy atom. The standard InChI is InChI=1S/C14H21ClN2O/c1-10(17(2)12-4-5-12)8-16-9-11-3-6-14(18)13(15)7-11/h3,6-7,10,12,16,18H,4-5,8-9H2,1-2H3. The monoisotopic (exact) mass is 268 g/mol. The van der Waals surface area contributed by atoms with Crippen LogP contribution in [0.2, 0.25) is 5.02 Å². The number of rotatable bonds is 6. The minimum atomic E-state index is 0.141. The molecule has 0 amide bonds. The number of phenols is 1. The first-order valence-electron chi connectivity index (χ1n) is 6.48. The summed E-state index contributed by atoms with van der Waals surface area (Å²) >= 11 is 5.87. The van der Waals surface area contributed by atoms with Crippen molar-refractivity contribution >= 4 is 11.6 Å². The molecule has 0 aromatic heterocycles. The van der Waals surface area contributed by atoms with Gasteiger partial charge in [-0.15, -0.1) is 0 Å². The summed E-state index contributed by atoms with van der Waals surface area (Å²) in [6.07, 6.45) is 2.68. The zero-order valence-electron chi connectivity index (χ0n) is 11.0. The maximum Gasteiger partial charge on any atom is 0.134 e. The summed E-state index contributed by atoms with van der Waals surface area (Å²) in [5, 5.41) is 13.2. The third-order valence-corrected chi connectivity index (χ3v) is 3.90. The topological polar surface area (TPSA) is 35.5 Å². The van der Waals surface area contributed by atoms with Crippen molar-refractivity contribution in [1.29, 1.82) is 0 Å². The van der Waals surface area contributed by atoms with Crippen LogP contribution in [-0.2, 0) is 6.54 Å². The number of aromatic hydroxyl groups is 1. The summed E-state index contributed by atoms with van der Waals surface area (Å²) in [7, 11) is 2.20. The molecule has 1 fully saturated rings. The second-order valence-electron chi connectivity index (χ2n) is 5.16. The van der Waals surface area contributed by atoms with Crippen LogP contribution in [0.25, 0.3) is 0 Å². The van der Waals surface area contributed by atoms with Gasteiger partial charge in [-0.25, -0.2) is 0 Å². The summed E-state index contributed by atoms with van der Waals surface area (Å²) in [6.45, 7) is 3.99. The van der Waals surface area contributed by atoms with Crippen molar-refractivity contribution in [2.75, 3.05) is 13.6 Å². The number of hydrogen-bond donors (Lipinski definition) is 2. The highest BCUT2D eigenvalue weighted by Crippen LogP contribution is 2.27. The van der Waals surface area contributed by atoms with Gasteiger partial charge in [0.2, 0.25) is 0 Å². The third kappa shape index (κ3) is 3.61. The normalized spacial score (nSPS) is 17.1. The van der Waals surface area contributed by atoms with Crippen LogP contribution in [0, 0.1) is 0 Å². The van der Waals surface area contributed by atoms with Crippen molar-refractivity contribution < 1.29 is 5.11 Å². The quantitative estimate of drug-likeness (QED) is 0.833. The number of nitrogens with one attached hydrogen (secondary N) is 1. The van der Waals surface area contributed by atoms with Crippen LogP contribution >= 0.6 is 11.6 Å². The molecule has 1 aromatic rings. The SMILES string of the molecule is CC(CNCc1ccc(O)c(Cl)c1)N(C)C1CC1. The molecule has 1 aromatic carbocycles. The zero-order valence-corrected chi connectivity index (χ0v) is 11.7. The lowest BCUT2D eigenvalue weighted by Gasteiger charge is -2.24. The number of halogens is 1. The Labute approximate surface area is 114 Å². The van der Waals surface area contributed by atoms with Gasteiger partial charge in [0.15, 0.2) is 0 Å². The molecular weight excluding hydrogens is 248 g/mol. The molecule has 18 heavy (non-hydrogen) atoms. The summed E-state index contributed by atoms with van der Waals surface area (Å²) in [5.74, 6) is 0.141. The minimum Gasteiger partial charge on any atom is -0.506 e. The summed E-state index contributed by atoms with van der Waals surface area (Å²) in [5.41, 5.74) is 1.10. The van der Waals surface area contributed by atoms with Gasteiger partial charge in [-0.2, -0.15) is 0 Å². The fourth-order valence-electron chi connectivity index (χ4n) is 2.07. The molecule has 1 atom stereocenters. The summed E-state index contributed by atoms with van der Waals surface area (Å²) in [4.78, 5) is 2.44. The second-order valence-corrected chi connectivity index (χ2v) is 5.57. The Kier molecular flexibility index (Phi) is 4.49. The van der Waals surface area contributed by atoms with E-state index in [1.54, 1.807) is 12.1 Å². The average Bonchev–Trinajstić information content (AvgIpc) is 3.16. The van der Waals surface area contributed by atoms with E-state index in [9.17, 15) is 5.11 Å². The Hall–Kier alpha value is -0.770. The fraction of sp³-hybridized carbons (Fsp3) is 0.571. The predicted molar refractivity (Wildman–Crippen MR) is 75.1 cm³/mol. The van der Waals surface area contributed by atoms with Gasteiger partial charge in [0.25, 0.3) is 0 Å². The fourth-order valence-corrected chi connectivity index (χ4v) is 2.27. The van der Waals surface area contributed by atoms with Gasteiger partial charge < -0.3 is 10.4 Å². The van der Waals surface area contributed by atoms with Crippen LogP contribution in [0.15, 0.2) is 18.2 Å². The van der Waals surface area contributed by atoms with E-state index >= 15 is 0 Å². The Morgan fingerprint density at radius 2 is 2.22 bits per heavy atom. The lowest BCUT2D eigenvalue weighted by molar-refractivity contribution is 0.241. The van der Waals surface area contributed by atoms with Gasteiger partial charge in [-0.3, -0.25) is 4.90 Å². The molecule has 0 heterocycles. The number of benzene rings is 1. The molecule has 0 aliphatic heterocycles. The number of hydrogen-bond acceptors (Lipinski definition) is 3. The van der Waals surface area contributed by atoms with E-state index in [-0.39, 0.29) is 5.75 Å². The first-order chi connectivity index (χ1) is 8.58. The molecule has 3 nitrogen and oxygen atoms in total. The van der Waals surface area contributed by atoms with E-state index in [2.05, 4.69) is 24.2 Å². The highest BCUT2D eigenvalue weighted by molar-refractivity contribution is 6.32. The zero-order chi connectivity index (χ0) is 13.1.